The van der Waals surface area contributed by atoms with Gasteiger partial charge in [0.2, 0.25) is 10.0 Å². The first-order valence-electron chi connectivity index (χ1n) is 5.10. The van der Waals surface area contributed by atoms with Gasteiger partial charge in [0, 0.05) is 31.6 Å². The number of nitro groups is 1. The Kier molecular flexibility index (Phi) is 5.06. The summed E-state index contributed by atoms with van der Waals surface area (Å²) in [5.41, 5.74) is 0.437. The third kappa shape index (κ3) is 3.94. The molecular weight excluding hydrogens is 280 g/mol. The fourth-order valence-corrected chi connectivity index (χ4v) is 2.85. The fraction of sp³-hybridized carbons (Fsp3) is 0.400. The third-order valence-electron chi connectivity index (χ3n) is 2.37. The van der Waals surface area contributed by atoms with Gasteiger partial charge in [0.25, 0.3) is 5.69 Å². The van der Waals surface area contributed by atoms with Crippen LogP contribution < -0.4 is 0 Å². The lowest BCUT2D eigenvalue weighted by Crippen LogP contribution is -2.29. The van der Waals surface area contributed by atoms with Crippen molar-refractivity contribution in [1.82, 2.24) is 4.31 Å². The van der Waals surface area contributed by atoms with Crippen LogP contribution in [0.4, 0.5) is 5.69 Å². The van der Waals surface area contributed by atoms with Crippen molar-refractivity contribution in [2.24, 2.45) is 0 Å². The molecule has 0 atom stereocenters. The summed E-state index contributed by atoms with van der Waals surface area (Å²) in [5, 5.41) is 10.5. The number of rotatable bonds is 6. The van der Waals surface area contributed by atoms with Crippen LogP contribution in [0.15, 0.2) is 24.3 Å². The molecule has 1 aromatic rings. The Balaban J connectivity index is 2.81. The summed E-state index contributed by atoms with van der Waals surface area (Å²) in [7, 11) is -1.98. The first kappa shape index (κ1) is 14.9. The van der Waals surface area contributed by atoms with E-state index in [4.69, 9.17) is 11.6 Å². The summed E-state index contributed by atoms with van der Waals surface area (Å²) in [6, 6.07) is 5.44. The highest BCUT2D eigenvalue weighted by molar-refractivity contribution is 7.88. The monoisotopic (exact) mass is 292 g/mol. The Morgan fingerprint density at radius 3 is 2.33 bits per heavy atom. The van der Waals surface area contributed by atoms with Gasteiger partial charge < -0.3 is 0 Å². The average Bonchev–Trinajstić information content (AvgIpc) is 2.29. The number of nitrogens with zero attached hydrogens (tertiary/aromatic N) is 2. The summed E-state index contributed by atoms with van der Waals surface area (Å²) in [6.45, 7) is 0.233. The molecule has 18 heavy (non-hydrogen) atoms. The zero-order valence-electron chi connectivity index (χ0n) is 9.74. The molecule has 0 fully saturated rings. The molecular formula is C10H13ClN2O4S. The predicted molar refractivity (Wildman–Crippen MR) is 69.1 cm³/mol. The number of halogens is 1. The molecule has 6 nitrogen and oxygen atoms in total. The van der Waals surface area contributed by atoms with E-state index < -0.39 is 14.9 Å². The second kappa shape index (κ2) is 6.12. The molecule has 0 aliphatic carbocycles. The molecule has 0 amide bonds. The molecule has 0 aromatic heterocycles. The number of hydrogen-bond donors (Lipinski definition) is 0. The van der Waals surface area contributed by atoms with Crippen LogP contribution in [0.25, 0.3) is 0 Å². The predicted octanol–water partition coefficient (Wildman–Crippen LogP) is 1.60. The van der Waals surface area contributed by atoms with Crippen molar-refractivity contribution in [3.05, 3.63) is 39.9 Å². The summed E-state index contributed by atoms with van der Waals surface area (Å²) in [5.74, 6) is 0.0222. The number of benzene rings is 1. The van der Waals surface area contributed by atoms with E-state index in [2.05, 4.69) is 0 Å². The molecule has 0 saturated heterocycles. The molecule has 0 bridgehead atoms. The van der Waals surface area contributed by atoms with Gasteiger partial charge >= 0.3 is 0 Å². The molecule has 0 aliphatic rings. The van der Waals surface area contributed by atoms with E-state index in [0.29, 0.717) is 5.56 Å². The smallest absolute Gasteiger partial charge is 0.258 e. The van der Waals surface area contributed by atoms with Crippen LogP contribution in [0.1, 0.15) is 5.56 Å². The molecule has 0 unspecified atom stereocenters. The SMILES string of the molecule is CN(CCCl)S(=O)(=O)Cc1ccc([N+](=O)[O-])cc1. The Morgan fingerprint density at radius 2 is 1.89 bits per heavy atom. The van der Waals surface area contributed by atoms with Crippen LogP contribution in [0, 0.1) is 10.1 Å². The largest absolute Gasteiger partial charge is 0.269 e. The second-order valence-electron chi connectivity index (χ2n) is 3.69. The second-order valence-corrected chi connectivity index (χ2v) is 6.14. The van der Waals surface area contributed by atoms with Crippen LogP contribution in [0.3, 0.4) is 0 Å². The van der Waals surface area contributed by atoms with Gasteiger partial charge in [0.15, 0.2) is 0 Å². The van der Waals surface area contributed by atoms with Gasteiger partial charge in [0.1, 0.15) is 0 Å². The minimum Gasteiger partial charge on any atom is -0.258 e. The highest BCUT2D eigenvalue weighted by Gasteiger charge is 2.18. The first-order valence-corrected chi connectivity index (χ1v) is 7.24. The van der Waals surface area contributed by atoms with Gasteiger partial charge in [-0.25, -0.2) is 12.7 Å². The van der Waals surface area contributed by atoms with Gasteiger partial charge in [-0.15, -0.1) is 11.6 Å². The van der Waals surface area contributed by atoms with E-state index in [1.807, 2.05) is 0 Å². The lowest BCUT2D eigenvalue weighted by molar-refractivity contribution is -0.384. The molecule has 1 rings (SSSR count). The minimum absolute atomic E-state index is 0.0646. The zero-order valence-corrected chi connectivity index (χ0v) is 11.3. The van der Waals surface area contributed by atoms with Gasteiger partial charge in [0.05, 0.1) is 10.7 Å². The summed E-state index contributed by atoms with van der Waals surface area (Å²) in [6.07, 6.45) is 0. The highest BCUT2D eigenvalue weighted by atomic mass is 35.5. The quantitative estimate of drug-likeness (QED) is 0.453. The molecule has 0 N–H and O–H groups in total. The molecule has 100 valence electrons. The molecule has 0 spiro atoms. The van der Waals surface area contributed by atoms with Crippen molar-refractivity contribution in [1.29, 1.82) is 0 Å². The van der Waals surface area contributed by atoms with Crippen molar-refractivity contribution in [3.63, 3.8) is 0 Å². The van der Waals surface area contributed by atoms with Crippen molar-refractivity contribution in [2.45, 2.75) is 5.75 Å². The lowest BCUT2D eigenvalue weighted by Gasteiger charge is -2.15. The zero-order chi connectivity index (χ0) is 13.8. The van der Waals surface area contributed by atoms with E-state index >= 15 is 0 Å². The molecule has 1 aromatic carbocycles. The number of alkyl halides is 1. The van der Waals surface area contributed by atoms with E-state index in [-0.39, 0.29) is 23.9 Å². The molecule has 8 heteroatoms. The van der Waals surface area contributed by atoms with E-state index in [1.54, 1.807) is 0 Å². The Morgan fingerprint density at radius 1 is 1.33 bits per heavy atom. The summed E-state index contributed by atoms with van der Waals surface area (Å²) < 4.78 is 24.9. The van der Waals surface area contributed by atoms with E-state index in [1.165, 1.54) is 35.6 Å². The molecule has 0 aliphatic heterocycles. The Hall–Kier alpha value is -1.18. The van der Waals surface area contributed by atoms with Gasteiger partial charge in [-0.2, -0.15) is 0 Å². The van der Waals surface area contributed by atoms with E-state index in [0.717, 1.165) is 0 Å². The van der Waals surface area contributed by atoms with Crippen LogP contribution in [0.2, 0.25) is 0 Å². The maximum atomic E-state index is 11.8. The van der Waals surface area contributed by atoms with Crippen LogP contribution in [-0.2, 0) is 15.8 Å². The fourth-order valence-electron chi connectivity index (χ4n) is 1.29. The molecule has 0 heterocycles. The van der Waals surface area contributed by atoms with Crippen LogP contribution in [-0.4, -0.2) is 37.1 Å². The highest BCUT2D eigenvalue weighted by Crippen LogP contribution is 2.15. The first-order chi connectivity index (χ1) is 8.36. The van der Waals surface area contributed by atoms with Crippen LogP contribution in [0.5, 0.6) is 0 Å². The standard InChI is InChI=1S/C10H13ClN2O4S/c1-12(7-6-11)18(16,17)8-9-2-4-10(5-3-9)13(14)15/h2-5H,6-8H2,1H3. The summed E-state index contributed by atoms with van der Waals surface area (Å²) >= 11 is 5.48. The number of non-ortho nitro benzene ring substituents is 1. The summed E-state index contributed by atoms with van der Waals surface area (Å²) in [4.78, 5) is 9.93. The van der Waals surface area contributed by atoms with Gasteiger partial charge in [-0.05, 0) is 5.56 Å². The van der Waals surface area contributed by atoms with Gasteiger partial charge in [-0.1, -0.05) is 12.1 Å². The van der Waals surface area contributed by atoms with Crippen molar-refractivity contribution in [3.8, 4) is 0 Å². The van der Waals surface area contributed by atoms with Gasteiger partial charge in [-0.3, -0.25) is 10.1 Å². The number of sulfonamides is 1. The lowest BCUT2D eigenvalue weighted by atomic mass is 10.2. The maximum Gasteiger partial charge on any atom is 0.269 e. The normalized spacial score (nSPS) is 11.7. The van der Waals surface area contributed by atoms with Crippen molar-refractivity contribution in [2.75, 3.05) is 19.5 Å². The van der Waals surface area contributed by atoms with E-state index in [9.17, 15) is 18.5 Å². The van der Waals surface area contributed by atoms with Crippen molar-refractivity contribution < 1.29 is 13.3 Å². The molecule has 0 saturated carbocycles. The van der Waals surface area contributed by atoms with Crippen molar-refractivity contribution >= 4 is 27.3 Å². The Bertz CT molecular complexity index is 515. The number of nitro benzene ring substituents is 1. The number of hydrogen-bond acceptors (Lipinski definition) is 4. The third-order valence-corrected chi connectivity index (χ3v) is 4.37. The topological polar surface area (TPSA) is 80.5 Å². The average molecular weight is 293 g/mol. The maximum absolute atomic E-state index is 11.8. The Labute approximate surface area is 110 Å². The minimum atomic E-state index is -3.43. The van der Waals surface area contributed by atoms with Crippen LogP contribution >= 0.6 is 11.6 Å². The molecule has 0 radical (unpaired) electrons.